The molecule has 1 fully saturated rings. The number of hydrogen-bond acceptors (Lipinski definition) is 5. The minimum atomic E-state index is -3.55. The van der Waals surface area contributed by atoms with Gasteiger partial charge in [0, 0.05) is 26.2 Å². The number of aryl methyl sites for hydroxylation is 3. The average Bonchev–Trinajstić information content (AvgIpc) is 3.06. The van der Waals surface area contributed by atoms with Crippen LogP contribution < -0.4 is 0 Å². The topological polar surface area (TPSA) is 74.1 Å². The number of carbonyl (C=O) groups excluding carboxylic acids is 1. The number of furan rings is 1. The van der Waals surface area contributed by atoms with Gasteiger partial charge in [-0.05, 0) is 51.6 Å². The van der Waals surface area contributed by atoms with Gasteiger partial charge in [-0.3, -0.25) is 9.69 Å². The van der Waals surface area contributed by atoms with Gasteiger partial charge in [0.1, 0.15) is 11.5 Å². The van der Waals surface area contributed by atoms with Gasteiger partial charge in [-0.1, -0.05) is 17.7 Å². The number of likely N-dealkylation sites (N-methyl/N-ethyl adjacent to an activating group) is 1. The monoisotopic (exact) mass is 419 g/mol. The van der Waals surface area contributed by atoms with E-state index in [1.807, 2.05) is 57.0 Å². The molecule has 1 aromatic heterocycles. The molecule has 29 heavy (non-hydrogen) atoms. The van der Waals surface area contributed by atoms with E-state index in [-0.39, 0.29) is 12.5 Å². The zero-order valence-corrected chi connectivity index (χ0v) is 18.3. The third-order valence-electron chi connectivity index (χ3n) is 5.17. The maximum Gasteiger partial charge on any atom is 0.243 e. The second-order valence-electron chi connectivity index (χ2n) is 7.74. The van der Waals surface area contributed by atoms with Gasteiger partial charge >= 0.3 is 0 Å². The first-order chi connectivity index (χ1) is 13.7. The van der Waals surface area contributed by atoms with E-state index >= 15 is 0 Å². The second kappa shape index (κ2) is 8.69. The summed E-state index contributed by atoms with van der Waals surface area (Å²) in [4.78, 5) is 16.6. The minimum Gasteiger partial charge on any atom is -0.465 e. The van der Waals surface area contributed by atoms with Gasteiger partial charge in [0.15, 0.2) is 0 Å². The number of sulfonamides is 1. The molecule has 0 radical (unpaired) electrons. The Bertz CT molecular complexity index is 976. The molecule has 1 aromatic carbocycles. The average molecular weight is 420 g/mol. The molecule has 158 valence electrons. The molecule has 7 nitrogen and oxygen atoms in total. The molecule has 2 aromatic rings. The Kier molecular flexibility index (Phi) is 6.45. The number of rotatable bonds is 6. The summed E-state index contributed by atoms with van der Waals surface area (Å²) < 4.78 is 33.0. The summed E-state index contributed by atoms with van der Waals surface area (Å²) in [5.74, 6) is 1.67. The smallest absolute Gasteiger partial charge is 0.243 e. The molecule has 0 aliphatic carbocycles. The number of benzene rings is 1. The Morgan fingerprint density at radius 3 is 2.34 bits per heavy atom. The molecule has 8 heteroatoms. The van der Waals surface area contributed by atoms with Gasteiger partial charge in [-0.2, -0.15) is 4.31 Å². The summed E-state index contributed by atoms with van der Waals surface area (Å²) in [5.41, 5.74) is 1.78. The molecule has 1 aliphatic rings. The molecule has 0 unspecified atom stereocenters. The van der Waals surface area contributed by atoms with Crippen LogP contribution in [0.25, 0.3) is 0 Å². The summed E-state index contributed by atoms with van der Waals surface area (Å²) in [6, 6.07) is 9.18. The number of carbonyl (C=O) groups is 1. The molecular formula is C21H29N3O4S. The predicted molar refractivity (Wildman–Crippen MR) is 111 cm³/mol. The van der Waals surface area contributed by atoms with E-state index < -0.39 is 10.0 Å². The zero-order chi connectivity index (χ0) is 21.2. The Morgan fingerprint density at radius 1 is 1.07 bits per heavy atom. The first kappa shape index (κ1) is 21.5. The van der Waals surface area contributed by atoms with Crippen molar-refractivity contribution in [3.8, 4) is 0 Å². The molecule has 0 atom stereocenters. The van der Waals surface area contributed by atoms with Crippen LogP contribution in [0.3, 0.4) is 0 Å². The highest BCUT2D eigenvalue weighted by molar-refractivity contribution is 7.89. The van der Waals surface area contributed by atoms with Crippen LogP contribution >= 0.6 is 0 Å². The van der Waals surface area contributed by atoms with E-state index in [1.54, 1.807) is 11.0 Å². The predicted octanol–water partition coefficient (Wildman–Crippen LogP) is 2.17. The molecule has 1 amide bonds. The fourth-order valence-corrected chi connectivity index (χ4v) is 5.26. The van der Waals surface area contributed by atoms with Crippen LogP contribution in [0.15, 0.2) is 39.6 Å². The van der Waals surface area contributed by atoms with Gasteiger partial charge in [-0.15, -0.1) is 0 Å². The Labute approximate surface area is 172 Å². The highest BCUT2D eigenvalue weighted by Crippen LogP contribution is 2.22. The van der Waals surface area contributed by atoms with Crippen molar-refractivity contribution in [3.05, 3.63) is 53.0 Å². The van der Waals surface area contributed by atoms with E-state index in [0.29, 0.717) is 37.6 Å². The van der Waals surface area contributed by atoms with Crippen molar-refractivity contribution in [2.45, 2.75) is 32.2 Å². The summed E-state index contributed by atoms with van der Waals surface area (Å²) in [6.45, 7) is 7.89. The SMILES string of the molecule is Cc1ccc(S(=O)(=O)N2CCN(C(=O)CN(C)Cc3ccc(C)o3)CC2)c(C)c1. The Hall–Kier alpha value is -2.16. The number of amides is 1. The summed E-state index contributed by atoms with van der Waals surface area (Å²) in [6.07, 6.45) is 0. The van der Waals surface area contributed by atoms with E-state index in [1.165, 1.54) is 4.31 Å². The van der Waals surface area contributed by atoms with Crippen molar-refractivity contribution < 1.29 is 17.6 Å². The molecular weight excluding hydrogens is 390 g/mol. The molecule has 1 saturated heterocycles. The fraction of sp³-hybridized carbons (Fsp3) is 0.476. The summed E-state index contributed by atoms with van der Waals surface area (Å²) >= 11 is 0. The van der Waals surface area contributed by atoms with Crippen molar-refractivity contribution in [3.63, 3.8) is 0 Å². The van der Waals surface area contributed by atoms with Crippen molar-refractivity contribution in [2.75, 3.05) is 39.8 Å². The lowest BCUT2D eigenvalue weighted by Crippen LogP contribution is -2.52. The third-order valence-corrected chi connectivity index (χ3v) is 7.23. The maximum absolute atomic E-state index is 13.0. The Balaban J connectivity index is 1.56. The first-order valence-electron chi connectivity index (χ1n) is 9.76. The van der Waals surface area contributed by atoms with E-state index in [4.69, 9.17) is 4.42 Å². The molecule has 2 heterocycles. The molecule has 3 rings (SSSR count). The molecule has 0 bridgehead atoms. The van der Waals surface area contributed by atoms with E-state index in [9.17, 15) is 13.2 Å². The summed E-state index contributed by atoms with van der Waals surface area (Å²) in [7, 11) is -1.68. The fourth-order valence-electron chi connectivity index (χ4n) is 3.63. The van der Waals surface area contributed by atoms with Crippen molar-refractivity contribution >= 4 is 15.9 Å². The molecule has 0 saturated carbocycles. The first-order valence-corrected chi connectivity index (χ1v) is 11.2. The number of piperazine rings is 1. The minimum absolute atomic E-state index is 0.000609. The van der Waals surface area contributed by atoms with Crippen LogP contribution in [0.2, 0.25) is 0 Å². The quantitative estimate of drug-likeness (QED) is 0.717. The van der Waals surface area contributed by atoms with Crippen LogP contribution in [0.5, 0.6) is 0 Å². The lowest BCUT2D eigenvalue weighted by Gasteiger charge is -2.35. The van der Waals surface area contributed by atoms with Crippen LogP contribution in [-0.4, -0.2) is 68.2 Å². The third kappa shape index (κ3) is 5.07. The molecule has 1 aliphatic heterocycles. The Morgan fingerprint density at radius 2 is 1.76 bits per heavy atom. The highest BCUT2D eigenvalue weighted by atomic mass is 32.2. The number of nitrogens with zero attached hydrogens (tertiary/aromatic N) is 3. The van der Waals surface area contributed by atoms with Gasteiger partial charge in [0.25, 0.3) is 0 Å². The zero-order valence-electron chi connectivity index (χ0n) is 17.5. The molecule has 0 N–H and O–H groups in total. The van der Waals surface area contributed by atoms with E-state index in [2.05, 4.69) is 0 Å². The summed E-state index contributed by atoms with van der Waals surface area (Å²) in [5, 5.41) is 0. The van der Waals surface area contributed by atoms with Crippen molar-refractivity contribution in [1.82, 2.24) is 14.1 Å². The standard InChI is InChI=1S/C21H29N3O4S/c1-16-5-8-20(17(2)13-16)29(26,27)24-11-9-23(10-12-24)21(25)15-22(4)14-19-7-6-18(3)28-19/h5-8,13H,9-12,14-15H2,1-4H3. The van der Waals surface area contributed by atoms with E-state index in [0.717, 1.165) is 22.6 Å². The maximum atomic E-state index is 13.0. The highest BCUT2D eigenvalue weighted by Gasteiger charge is 2.31. The lowest BCUT2D eigenvalue weighted by atomic mass is 10.2. The van der Waals surface area contributed by atoms with Crippen molar-refractivity contribution in [1.29, 1.82) is 0 Å². The molecule has 0 spiro atoms. The lowest BCUT2D eigenvalue weighted by molar-refractivity contribution is -0.133. The largest absolute Gasteiger partial charge is 0.465 e. The number of hydrogen-bond donors (Lipinski definition) is 0. The van der Waals surface area contributed by atoms with Gasteiger partial charge in [0.05, 0.1) is 18.0 Å². The van der Waals surface area contributed by atoms with Crippen molar-refractivity contribution in [2.24, 2.45) is 0 Å². The van der Waals surface area contributed by atoms with Crippen LogP contribution in [0.1, 0.15) is 22.6 Å². The normalized spacial score (nSPS) is 15.8. The van der Waals surface area contributed by atoms with Crippen LogP contribution in [0, 0.1) is 20.8 Å². The van der Waals surface area contributed by atoms with Gasteiger partial charge < -0.3 is 9.32 Å². The van der Waals surface area contributed by atoms with Gasteiger partial charge in [0.2, 0.25) is 15.9 Å². The van der Waals surface area contributed by atoms with Crippen LogP contribution in [0.4, 0.5) is 0 Å². The second-order valence-corrected chi connectivity index (χ2v) is 9.64. The van der Waals surface area contributed by atoms with Gasteiger partial charge in [-0.25, -0.2) is 8.42 Å². The van der Waals surface area contributed by atoms with Crippen LogP contribution in [-0.2, 0) is 21.4 Å².